The maximum absolute atomic E-state index is 12.6. The van der Waals surface area contributed by atoms with Crippen LogP contribution in [0.3, 0.4) is 0 Å². The molecule has 0 saturated heterocycles. The number of nitrogens with zero attached hydrogens (tertiary/aromatic N) is 2. The minimum atomic E-state index is -4.55. The normalized spacial score (nSPS) is 15.0. The zero-order valence-corrected chi connectivity index (χ0v) is 10.0. The fourth-order valence-electron chi connectivity index (χ4n) is 1.65. The van der Waals surface area contributed by atoms with E-state index in [4.69, 9.17) is 0 Å². The van der Waals surface area contributed by atoms with E-state index in [1.54, 1.807) is 12.1 Å². The molecule has 100 valence electrons. The third-order valence-corrected chi connectivity index (χ3v) is 2.70. The second kappa shape index (κ2) is 4.62. The summed E-state index contributed by atoms with van der Waals surface area (Å²) in [7, 11) is 0. The van der Waals surface area contributed by atoms with Crippen LogP contribution in [0, 0.1) is 0 Å². The third kappa shape index (κ3) is 2.73. The van der Waals surface area contributed by atoms with Crippen molar-refractivity contribution in [2.75, 3.05) is 0 Å². The molecule has 19 heavy (non-hydrogen) atoms. The lowest BCUT2D eigenvalue weighted by molar-refractivity contribution is -0.141. The van der Waals surface area contributed by atoms with Gasteiger partial charge in [0.15, 0.2) is 0 Å². The maximum atomic E-state index is 12.6. The Morgan fingerprint density at radius 3 is 2.16 bits per heavy atom. The van der Waals surface area contributed by atoms with Gasteiger partial charge in [0.25, 0.3) is 0 Å². The van der Waals surface area contributed by atoms with Crippen LogP contribution in [0.25, 0.3) is 0 Å². The topological polar surface area (TPSA) is 46.0 Å². The van der Waals surface area contributed by atoms with Crippen molar-refractivity contribution in [1.82, 2.24) is 9.97 Å². The van der Waals surface area contributed by atoms with Gasteiger partial charge in [-0.15, -0.1) is 0 Å². The Labute approximate surface area is 107 Å². The van der Waals surface area contributed by atoms with Crippen LogP contribution < -0.4 is 0 Å². The van der Waals surface area contributed by atoms with Crippen molar-refractivity contribution < 1.29 is 18.3 Å². The van der Waals surface area contributed by atoms with Gasteiger partial charge >= 0.3 is 6.18 Å². The fourth-order valence-corrected chi connectivity index (χ4v) is 1.65. The largest absolute Gasteiger partial charge is 0.433 e. The molecule has 0 amide bonds. The number of alkyl halides is 3. The number of rotatable bonds is 2. The van der Waals surface area contributed by atoms with E-state index in [1.807, 2.05) is 0 Å². The number of hydrogen-bond donors (Lipinski definition) is 1. The van der Waals surface area contributed by atoms with Crippen molar-refractivity contribution in [3.63, 3.8) is 0 Å². The zero-order valence-electron chi connectivity index (χ0n) is 10.0. The first kappa shape index (κ1) is 13.5. The molecule has 0 aromatic carbocycles. The van der Waals surface area contributed by atoms with Crippen LogP contribution in [0.2, 0.25) is 0 Å². The molecule has 1 unspecified atom stereocenters. The quantitative estimate of drug-likeness (QED) is 0.911. The summed E-state index contributed by atoms with van der Waals surface area (Å²) in [6.45, 7) is 1.36. The summed E-state index contributed by atoms with van der Waals surface area (Å²) in [6.07, 6.45) is -3.09. The summed E-state index contributed by atoms with van der Waals surface area (Å²) in [4.78, 5) is 7.42. The highest BCUT2D eigenvalue weighted by Crippen LogP contribution is 2.31. The molecule has 0 spiro atoms. The molecule has 0 aliphatic heterocycles. The highest BCUT2D eigenvalue weighted by atomic mass is 19.4. The van der Waals surface area contributed by atoms with E-state index in [1.165, 1.54) is 31.3 Å². The molecule has 2 heterocycles. The van der Waals surface area contributed by atoms with Crippen LogP contribution in [-0.2, 0) is 11.8 Å². The van der Waals surface area contributed by atoms with Crippen LogP contribution in [0.1, 0.15) is 24.0 Å². The van der Waals surface area contributed by atoms with Crippen molar-refractivity contribution in [3.05, 3.63) is 59.7 Å². The van der Waals surface area contributed by atoms with Crippen LogP contribution in [0.15, 0.2) is 42.6 Å². The van der Waals surface area contributed by atoms with Crippen molar-refractivity contribution in [1.29, 1.82) is 0 Å². The maximum Gasteiger partial charge on any atom is 0.433 e. The van der Waals surface area contributed by atoms with Gasteiger partial charge < -0.3 is 5.11 Å². The zero-order chi connectivity index (χ0) is 14.1. The van der Waals surface area contributed by atoms with Gasteiger partial charge in [0.2, 0.25) is 0 Å². The molecule has 0 aliphatic rings. The smallest absolute Gasteiger partial charge is 0.377 e. The van der Waals surface area contributed by atoms with Gasteiger partial charge in [-0.05, 0) is 31.2 Å². The molecule has 0 radical (unpaired) electrons. The molecule has 2 aromatic rings. The average Bonchev–Trinajstić information content (AvgIpc) is 2.39. The summed E-state index contributed by atoms with van der Waals surface area (Å²) in [5.74, 6) is 0. The number of aliphatic hydroxyl groups is 1. The Bertz CT molecular complexity index is 568. The molecule has 0 saturated carbocycles. The van der Waals surface area contributed by atoms with Gasteiger partial charge in [-0.2, -0.15) is 13.2 Å². The van der Waals surface area contributed by atoms with E-state index in [9.17, 15) is 18.3 Å². The Morgan fingerprint density at radius 1 is 0.947 bits per heavy atom. The fraction of sp³-hybridized carbons (Fsp3) is 0.231. The first-order valence-corrected chi connectivity index (χ1v) is 5.50. The Balaban J connectivity index is 2.47. The van der Waals surface area contributed by atoms with Crippen LogP contribution in [0.4, 0.5) is 13.2 Å². The van der Waals surface area contributed by atoms with E-state index in [2.05, 4.69) is 9.97 Å². The monoisotopic (exact) mass is 268 g/mol. The van der Waals surface area contributed by atoms with E-state index >= 15 is 0 Å². The summed E-state index contributed by atoms with van der Waals surface area (Å²) in [5.41, 5.74) is -2.58. The first-order chi connectivity index (χ1) is 8.82. The average molecular weight is 268 g/mol. The lowest BCUT2D eigenvalue weighted by Gasteiger charge is -2.22. The van der Waals surface area contributed by atoms with E-state index in [0.29, 0.717) is 0 Å². The number of aromatic nitrogens is 2. The Kier molecular flexibility index (Phi) is 3.28. The molecule has 0 fully saturated rings. The van der Waals surface area contributed by atoms with E-state index in [-0.39, 0.29) is 11.4 Å². The Hall–Kier alpha value is -1.95. The molecule has 1 atom stereocenters. The lowest BCUT2D eigenvalue weighted by atomic mass is 9.96. The number of pyridine rings is 2. The molecule has 2 aromatic heterocycles. The van der Waals surface area contributed by atoms with Crippen molar-refractivity contribution >= 4 is 0 Å². The summed E-state index contributed by atoms with van der Waals surface area (Å²) >= 11 is 0. The SMILES string of the molecule is CC(O)(c1ccccn1)c1cccc(C(F)(F)F)n1. The van der Waals surface area contributed by atoms with E-state index < -0.39 is 17.5 Å². The van der Waals surface area contributed by atoms with Crippen LogP contribution in [0.5, 0.6) is 0 Å². The standard InChI is InChI=1S/C13H11F3N2O/c1-12(19,9-5-2-3-8-17-9)10-6-4-7-11(18-10)13(14,15)16/h2-8,19H,1H3. The van der Waals surface area contributed by atoms with Crippen molar-refractivity contribution in [2.24, 2.45) is 0 Å². The van der Waals surface area contributed by atoms with E-state index in [0.717, 1.165) is 6.07 Å². The molecule has 3 nitrogen and oxygen atoms in total. The molecular weight excluding hydrogens is 257 g/mol. The van der Waals surface area contributed by atoms with Gasteiger partial charge in [-0.1, -0.05) is 12.1 Å². The van der Waals surface area contributed by atoms with Crippen molar-refractivity contribution in [3.8, 4) is 0 Å². The van der Waals surface area contributed by atoms with Crippen LogP contribution in [-0.4, -0.2) is 15.1 Å². The number of halogens is 3. The molecule has 0 bridgehead atoms. The van der Waals surface area contributed by atoms with Gasteiger partial charge in [0.1, 0.15) is 11.3 Å². The van der Waals surface area contributed by atoms with Gasteiger partial charge in [-0.3, -0.25) is 4.98 Å². The number of hydrogen-bond acceptors (Lipinski definition) is 3. The first-order valence-electron chi connectivity index (χ1n) is 5.50. The van der Waals surface area contributed by atoms with Gasteiger partial charge in [0.05, 0.1) is 11.4 Å². The summed E-state index contributed by atoms with van der Waals surface area (Å²) in [5, 5.41) is 10.4. The Morgan fingerprint density at radius 2 is 1.58 bits per heavy atom. The lowest BCUT2D eigenvalue weighted by Crippen LogP contribution is -2.26. The van der Waals surface area contributed by atoms with Gasteiger partial charge in [-0.25, -0.2) is 4.98 Å². The molecular formula is C13H11F3N2O. The predicted octanol–water partition coefficient (Wildman–Crippen LogP) is 2.75. The highest BCUT2D eigenvalue weighted by Gasteiger charge is 2.35. The minimum absolute atomic E-state index is 0.0963. The third-order valence-electron chi connectivity index (χ3n) is 2.70. The summed E-state index contributed by atoms with van der Waals surface area (Å²) < 4.78 is 37.8. The molecule has 1 N–H and O–H groups in total. The predicted molar refractivity (Wildman–Crippen MR) is 62.1 cm³/mol. The highest BCUT2D eigenvalue weighted by molar-refractivity contribution is 5.27. The second-order valence-electron chi connectivity index (χ2n) is 4.19. The van der Waals surface area contributed by atoms with Crippen molar-refractivity contribution in [2.45, 2.75) is 18.7 Å². The van der Waals surface area contributed by atoms with Gasteiger partial charge in [0, 0.05) is 6.20 Å². The second-order valence-corrected chi connectivity index (χ2v) is 4.19. The molecule has 6 heteroatoms. The minimum Gasteiger partial charge on any atom is -0.377 e. The molecule has 0 aliphatic carbocycles. The molecule has 2 rings (SSSR count). The summed E-state index contributed by atoms with van der Waals surface area (Å²) in [6, 6.07) is 8.23. The van der Waals surface area contributed by atoms with Crippen LogP contribution >= 0.6 is 0 Å².